The Labute approximate surface area is 356 Å². The number of aliphatic hydroxyl groups is 5. The number of amides is 2. The zero-order chi connectivity index (χ0) is 45.0. The highest BCUT2D eigenvalue weighted by molar-refractivity contribution is 5.95. The number of nitrogens with two attached hydrogens (primary N) is 2. The number of carbonyl (C=O) groups excluding carboxylic acids is 4. The van der Waals surface area contributed by atoms with Crippen molar-refractivity contribution >= 4 is 23.6 Å². The first-order valence-electron chi connectivity index (χ1n) is 21.8. The first-order valence-corrected chi connectivity index (χ1v) is 21.8. The first kappa shape index (κ1) is 46.4. The predicted molar refractivity (Wildman–Crippen MR) is 213 cm³/mol. The molecule has 18 nitrogen and oxygen atoms in total. The van der Waals surface area contributed by atoms with Gasteiger partial charge in [-0.3, -0.25) is 30.0 Å². The minimum atomic E-state index is -1.95. The van der Waals surface area contributed by atoms with Gasteiger partial charge in [0.1, 0.15) is 36.6 Å². The lowest BCUT2D eigenvalue weighted by molar-refractivity contribution is -0.369. The van der Waals surface area contributed by atoms with Gasteiger partial charge in [-0.2, -0.15) is 0 Å². The number of hydrazine groups is 2. The van der Waals surface area contributed by atoms with Crippen molar-refractivity contribution in [2.45, 2.75) is 174 Å². The molecule has 2 amide bonds. The van der Waals surface area contributed by atoms with E-state index >= 15 is 0 Å². The highest BCUT2D eigenvalue weighted by atomic mass is 16.8. The molecule has 0 spiro atoms. The molecule has 0 aromatic carbocycles. The molecule has 5 aliphatic carbocycles. The van der Waals surface area contributed by atoms with Crippen LogP contribution in [0.25, 0.3) is 0 Å². The van der Waals surface area contributed by atoms with Crippen molar-refractivity contribution in [3.8, 4) is 0 Å². The Morgan fingerprint density at radius 1 is 0.738 bits per heavy atom. The smallest absolute Gasteiger partial charge is 0.311 e. The van der Waals surface area contributed by atoms with E-state index in [-0.39, 0.29) is 45.8 Å². The van der Waals surface area contributed by atoms with Gasteiger partial charge in [-0.1, -0.05) is 47.1 Å². The summed E-state index contributed by atoms with van der Waals surface area (Å²) in [7, 11) is 1.44. The average molecular weight is 865 g/mol. The molecule has 19 atom stereocenters. The van der Waals surface area contributed by atoms with E-state index in [1.165, 1.54) is 12.7 Å². The third kappa shape index (κ3) is 6.93. The standard InChI is InChI=1S/C43H68N4O14/c1-38(2)22-9-12-43(7)32(21(48)17-19-20-18-40(4,37(56)57-8)14-13-39(20,3)15-16-42(19,43)6)41(22,5)11-10-23(38)58-36-31(27(52)26(51)30(60-36)34(55)47-45)61-35-28(53)24(49)25(50)29(59-35)33(54)46-44/h17,20,22-32,35-36,49-53H,9-16,18,44-45H2,1-8H3,(H,46,54)(H,47,55)/t20-,22+,23-,24-,25+,26+,27-,28-,29-,30-,31-,32+,35-,36+,39+,40-,41-,42+,43+/m0/s1. The number of methoxy groups -OCH3 is 1. The number of esters is 1. The van der Waals surface area contributed by atoms with Gasteiger partial charge >= 0.3 is 5.97 Å². The summed E-state index contributed by atoms with van der Waals surface area (Å²) in [5.74, 6) is 8.27. The Bertz CT molecular complexity index is 1800. The first-order chi connectivity index (χ1) is 28.4. The van der Waals surface area contributed by atoms with Crippen molar-refractivity contribution in [1.82, 2.24) is 10.9 Å². The molecule has 344 valence electrons. The Balaban J connectivity index is 1.18. The summed E-state index contributed by atoms with van der Waals surface area (Å²) in [4.78, 5) is 53.3. The van der Waals surface area contributed by atoms with Crippen LogP contribution in [0, 0.1) is 50.2 Å². The summed E-state index contributed by atoms with van der Waals surface area (Å²) >= 11 is 0. The topological polar surface area (TPSA) is 292 Å². The largest absolute Gasteiger partial charge is 0.469 e. The lowest BCUT2D eigenvalue weighted by Gasteiger charge is -2.70. The number of nitrogens with one attached hydrogen (secondary N) is 2. The van der Waals surface area contributed by atoms with Crippen molar-refractivity contribution in [3.05, 3.63) is 11.6 Å². The maximum atomic E-state index is 15.0. The van der Waals surface area contributed by atoms with Crippen LogP contribution in [-0.2, 0) is 42.9 Å². The maximum Gasteiger partial charge on any atom is 0.311 e. The van der Waals surface area contributed by atoms with E-state index in [1.807, 2.05) is 23.9 Å². The van der Waals surface area contributed by atoms with Crippen LogP contribution in [0.15, 0.2) is 11.6 Å². The van der Waals surface area contributed by atoms with E-state index in [0.717, 1.165) is 38.5 Å². The number of fused-ring (bicyclic) bond motifs is 7. The van der Waals surface area contributed by atoms with E-state index in [1.54, 1.807) is 0 Å². The fourth-order valence-electron chi connectivity index (χ4n) is 13.8. The highest BCUT2D eigenvalue weighted by Crippen LogP contribution is 2.75. The molecule has 6 fully saturated rings. The summed E-state index contributed by atoms with van der Waals surface area (Å²) in [5, 5.41) is 54.4. The van der Waals surface area contributed by atoms with E-state index < -0.39 is 95.6 Å². The Morgan fingerprint density at radius 3 is 1.93 bits per heavy atom. The zero-order valence-corrected chi connectivity index (χ0v) is 36.6. The molecule has 0 bridgehead atoms. The predicted octanol–water partition coefficient (Wildman–Crippen LogP) is 0.145. The van der Waals surface area contributed by atoms with E-state index in [9.17, 15) is 44.7 Å². The normalized spacial score (nSPS) is 50.4. The molecule has 0 unspecified atom stereocenters. The van der Waals surface area contributed by atoms with E-state index in [2.05, 4.69) is 41.5 Å². The summed E-state index contributed by atoms with van der Waals surface area (Å²) in [6, 6.07) is 0. The van der Waals surface area contributed by atoms with Crippen LogP contribution in [0.2, 0.25) is 0 Å². The second kappa shape index (κ2) is 15.8. The third-order valence-corrected chi connectivity index (χ3v) is 17.7. The Morgan fingerprint density at radius 2 is 1.33 bits per heavy atom. The molecule has 7 rings (SSSR count). The summed E-state index contributed by atoms with van der Waals surface area (Å²) in [5.41, 5.74) is 2.47. The van der Waals surface area contributed by atoms with Gasteiger partial charge in [0, 0.05) is 5.92 Å². The zero-order valence-electron chi connectivity index (χ0n) is 36.6. The number of ketones is 1. The van der Waals surface area contributed by atoms with Gasteiger partial charge in [-0.05, 0) is 110 Å². The van der Waals surface area contributed by atoms with Crippen LogP contribution in [0.1, 0.15) is 106 Å². The second-order valence-electron chi connectivity index (χ2n) is 21.2. The molecule has 2 aliphatic heterocycles. The Hall–Kier alpha value is -2.62. The minimum absolute atomic E-state index is 0.0276. The third-order valence-electron chi connectivity index (χ3n) is 17.7. The molecule has 4 saturated carbocycles. The second-order valence-corrected chi connectivity index (χ2v) is 21.2. The molecule has 11 N–H and O–H groups in total. The lowest BCUT2D eigenvalue weighted by atomic mass is 9.33. The van der Waals surface area contributed by atoms with Crippen molar-refractivity contribution in [2.24, 2.45) is 61.9 Å². The molecular weight excluding hydrogens is 796 g/mol. The van der Waals surface area contributed by atoms with Gasteiger partial charge in [0.05, 0.1) is 18.6 Å². The molecule has 0 aromatic rings. The van der Waals surface area contributed by atoms with Crippen LogP contribution in [0.5, 0.6) is 0 Å². The van der Waals surface area contributed by atoms with Crippen molar-refractivity contribution in [1.29, 1.82) is 0 Å². The molecule has 2 saturated heterocycles. The SMILES string of the molecule is COC(=O)[C@@]1(C)CC[C@]2(C)CC[C@]3(C)C(=CC(=O)[C@@H]4[C@@]5(C)CC[C@H](O[C@@H]6O[C@H](C(=O)NN)[C@H](O)[C@H](O)[C@@H]6O[C@@H]6O[C@H](C(=O)NN)[C@H](O)[C@H](O)[C@@H]6O)C(C)(C)[C@H]5CC[C@]43C)[C@@H]2C1. The monoisotopic (exact) mass is 864 g/mol. The maximum absolute atomic E-state index is 15.0. The number of aliphatic hydroxyl groups excluding tert-OH is 5. The molecule has 61 heavy (non-hydrogen) atoms. The molecule has 18 heteroatoms. The summed E-state index contributed by atoms with van der Waals surface area (Å²) < 4.78 is 29.5. The van der Waals surface area contributed by atoms with Gasteiger partial charge in [-0.25, -0.2) is 11.7 Å². The van der Waals surface area contributed by atoms with Gasteiger partial charge in [0.25, 0.3) is 11.8 Å². The van der Waals surface area contributed by atoms with Crippen LogP contribution >= 0.6 is 0 Å². The number of allylic oxidation sites excluding steroid dienone is 2. The van der Waals surface area contributed by atoms with Gasteiger partial charge < -0.3 is 49.2 Å². The van der Waals surface area contributed by atoms with Crippen molar-refractivity contribution in [3.63, 3.8) is 0 Å². The molecule has 2 heterocycles. The lowest BCUT2D eigenvalue weighted by Crippen LogP contribution is -2.68. The van der Waals surface area contributed by atoms with Crippen LogP contribution < -0.4 is 22.5 Å². The van der Waals surface area contributed by atoms with Gasteiger partial charge in [0.15, 0.2) is 30.6 Å². The molecule has 0 aromatic heterocycles. The quantitative estimate of drug-likeness (QED) is 0.0541. The van der Waals surface area contributed by atoms with Gasteiger partial charge in [0.2, 0.25) is 0 Å². The fourth-order valence-corrected chi connectivity index (χ4v) is 13.8. The van der Waals surface area contributed by atoms with E-state index in [4.69, 9.17) is 35.4 Å². The van der Waals surface area contributed by atoms with Crippen molar-refractivity contribution < 1.29 is 68.4 Å². The molecular formula is C43H68N4O14. The number of carbonyl (C=O) groups is 4. The molecule has 7 aliphatic rings. The summed E-state index contributed by atoms with van der Waals surface area (Å²) in [6.07, 6.45) is -10.2. The number of ether oxygens (including phenoxy) is 5. The molecule has 0 radical (unpaired) electrons. The van der Waals surface area contributed by atoms with Crippen LogP contribution in [0.3, 0.4) is 0 Å². The fraction of sp³-hybridized carbons (Fsp3) is 0.860. The summed E-state index contributed by atoms with van der Waals surface area (Å²) in [6.45, 7) is 15.3. The van der Waals surface area contributed by atoms with Crippen LogP contribution in [-0.4, -0.2) is 124 Å². The van der Waals surface area contributed by atoms with Crippen LogP contribution in [0.4, 0.5) is 0 Å². The number of hydrogen-bond donors (Lipinski definition) is 9. The van der Waals surface area contributed by atoms with Crippen molar-refractivity contribution in [2.75, 3.05) is 7.11 Å². The van der Waals surface area contributed by atoms with E-state index in [0.29, 0.717) is 19.3 Å². The number of hydrogen-bond acceptors (Lipinski definition) is 16. The highest BCUT2D eigenvalue weighted by Gasteiger charge is 2.71. The number of rotatable bonds is 7. The minimum Gasteiger partial charge on any atom is -0.469 e. The van der Waals surface area contributed by atoms with Gasteiger partial charge in [-0.15, -0.1) is 0 Å². The Kier molecular flexibility index (Phi) is 12.0. The average Bonchev–Trinajstić information content (AvgIpc) is 3.21.